The van der Waals surface area contributed by atoms with E-state index in [1.165, 1.54) is 32.6 Å². The van der Waals surface area contributed by atoms with Crippen molar-refractivity contribution in [3.05, 3.63) is 18.1 Å². The van der Waals surface area contributed by atoms with Gasteiger partial charge in [-0.15, -0.1) is 0 Å². The number of morpholine rings is 1. The van der Waals surface area contributed by atoms with Gasteiger partial charge in [0.15, 0.2) is 6.29 Å². The van der Waals surface area contributed by atoms with Crippen LogP contribution in [0.2, 0.25) is 0 Å². The first kappa shape index (κ1) is 32.0. The molecule has 1 N–H and O–H groups in total. The molecule has 10 atom stereocenters. The molecule has 0 aromatic heterocycles. The number of aliphatic hydroxyl groups is 1. The van der Waals surface area contributed by atoms with Crippen LogP contribution in [0.1, 0.15) is 112 Å². The zero-order valence-electron chi connectivity index (χ0n) is 29.0. The minimum atomic E-state index is -0.652. The van der Waals surface area contributed by atoms with E-state index in [4.69, 9.17) is 18.9 Å². The van der Waals surface area contributed by atoms with E-state index in [1.807, 2.05) is 4.90 Å². The Bertz CT molecular complexity index is 1250. The minimum Gasteiger partial charge on any atom is -0.463 e. The van der Waals surface area contributed by atoms with Crippen LogP contribution >= 0.6 is 0 Å². The van der Waals surface area contributed by atoms with Crippen LogP contribution in [0.25, 0.3) is 0 Å². The minimum absolute atomic E-state index is 0.00613. The van der Waals surface area contributed by atoms with Crippen LogP contribution in [0, 0.1) is 68.9 Å². The molecule has 2 aliphatic heterocycles. The quantitative estimate of drug-likeness (QED) is 0.356. The fourth-order valence-corrected chi connectivity index (χ4v) is 12.8. The van der Waals surface area contributed by atoms with E-state index in [0.29, 0.717) is 43.9 Å². The van der Waals surface area contributed by atoms with Crippen molar-refractivity contribution in [1.29, 1.82) is 0 Å². The molecule has 3 radical (unpaired) electrons. The van der Waals surface area contributed by atoms with Crippen LogP contribution in [0.3, 0.4) is 0 Å². The smallest absolute Gasteiger partial charge is 0.302 e. The molecule has 6 saturated carbocycles. The Morgan fingerprint density at radius 1 is 1.07 bits per heavy atom. The zero-order chi connectivity index (χ0) is 32.4. The highest BCUT2D eigenvalue weighted by Crippen LogP contribution is 2.90. The van der Waals surface area contributed by atoms with E-state index in [2.05, 4.69) is 34.6 Å². The molecule has 2 heterocycles. The summed E-state index contributed by atoms with van der Waals surface area (Å²) in [6, 6.07) is 0. The number of hydrogen-bond acceptors (Lipinski definition) is 7. The Kier molecular flexibility index (Phi) is 7.40. The van der Waals surface area contributed by atoms with Crippen molar-refractivity contribution >= 4 is 11.9 Å². The number of hydrogen-bond donors (Lipinski definition) is 1. The van der Waals surface area contributed by atoms with Gasteiger partial charge in [0, 0.05) is 31.2 Å². The van der Waals surface area contributed by atoms with Crippen molar-refractivity contribution in [2.24, 2.45) is 50.7 Å². The number of amides is 1. The zero-order valence-corrected chi connectivity index (χ0v) is 29.0. The molecule has 8 heteroatoms. The van der Waals surface area contributed by atoms with E-state index in [-0.39, 0.29) is 63.9 Å². The number of carbonyl (C=O) groups excluding carboxylic acids is 2. The van der Waals surface area contributed by atoms with Gasteiger partial charge in [0.2, 0.25) is 5.91 Å². The summed E-state index contributed by atoms with van der Waals surface area (Å²) in [5.41, 5.74) is 0.0401. The van der Waals surface area contributed by atoms with Gasteiger partial charge in [-0.1, -0.05) is 34.6 Å². The summed E-state index contributed by atoms with van der Waals surface area (Å²) >= 11 is 0. The Hall–Kier alpha value is -1.22. The monoisotopic (exact) mass is 638 g/mol. The van der Waals surface area contributed by atoms with Crippen LogP contribution in [0.4, 0.5) is 0 Å². The maximum Gasteiger partial charge on any atom is 0.302 e. The fraction of sp³-hybridized carbons (Fsp3) is 0.868. The molecule has 46 heavy (non-hydrogen) atoms. The maximum atomic E-state index is 12.9. The van der Waals surface area contributed by atoms with Crippen LogP contribution in [-0.4, -0.2) is 66.7 Å². The first-order valence-electron chi connectivity index (χ1n) is 18.4. The van der Waals surface area contributed by atoms with Crippen LogP contribution in [0.5, 0.6) is 0 Å². The lowest BCUT2D eigenvalue weighted by molar-refractivity contribution is -0.242. The van der Waals surface area contributed by atoms with Gasteiger partial charge in [0.25, 0.3) is 0 Å². The highest BCUT2D eigenvalue weighted by molar-refractivity contribution is 5.76. The van der Waals surface area contributed by atoms with Gasteiger partial charge in [0.05, 0.1) is 25.4 Å². The van der Waals surface area contributed by atoms with Gasteiger partial charge in [-0.25, -0.2) is 0 Å². The SMILES string of the molecule is CC(=O)OC[C]1C[C@@H](C)[C@H]2[C](O1)[C@H](O)[C@@]1(C)[C]3CC[C@H]4C(C)(C)C(O[C@H]5CN(C(=O)CC6CC6)CCO5)CC[C@@]45C[C@@]35CC[C@]21C. The molecule has 0 bridgehead atoms. The summed E-state index contributed by atoms with van der Waals surface area (Å²) in [6.45, 7) is 15.3. The molecule has 255 valence electrons. The summed E-state index contributed by atoms with van der Waals surface area (Å²) in [4.78, 5) is 26.4. The number of fused-ring (bicyclic) bond motifs is 4. The van der Waals surface area contributed by atoms with Crippen molar-refractivity contribution in [1.82, 2.24) is 4.90 Å². The van der Waals surface area contributed by atoms with Gasteiger partial charge >= 0.3 is 5.97 Å². The van der Waals surface area contributed by atoms with Crippen molar-refractivity contribution in [3.63, 3.8) is 0 Å². The molecule has 8 fully saturated rings. The van der Waals surface area contributed by atoms with Gasteiger partial charge in [-0.3, -0.25) is 9.59 Å². The second-order valence-electron chi connectivity index (χ2n) is 17.8. The van der Waals surface area contributed by atoms with E-state index in [9.17, 15) is 14.7 Å². The van der Waals surface area contributed by atoms with Crippen molar-refractivity contribution in [2.75, 3.05) is 26.3 Å². The lowest BCUT2D eigenvalue weighted by Gasteiger charge is -2.63. The van der Waals surface area contributed by atoms with Gasteiger partial charge < -0.3 is 29.0 Å². The van der Waals surface area contributed by atoms with Gasteiger partial charge in [-0.05, 0) is 110 Å². The fourth-order valence-electron chi connectivity index (χ4n) is 12.8. The number of carbonyl (C=O) groups is 2. The Labute approximate surface area is 276 Å². The second kappa shape index (κ2) is 10.6. The molecule has 0 aromatic rings. The third-order valence-corrected chi connectivity index (χ3v) is 15.3. The Morgan fingerprint density at radius 2 is 1.85 bits per heavy atom. The highest BCUT2D eigenvalue weighted by atomic mass is 16.7. The number of rotatable bonds is 6. The van der Waals surface area contributed by atoms with E-state index < -0.39 is 6.10 Å². The predicted molar refractivity (Wildman–Crippen MR) is 170 cm³/mol. The number of ether oxygens (including phenoxy) is 4. The molecule has 8 nitrogen and oxygen atoms in total. The molecule has 2 spiro atoms. The highest BCUT2D eigenvalue weighted by Gasteiger charge is 2.85. The molecule has 0 aromatic carbocycles. The topological polar surface area (TPSA) is 94.5 Å². The number of nitrogens with zero attached hydrogens (tertiary/aromatic N) is 1. The van der Waals surface area contributed by atoms with Crippen molar-refractivity contribution < 1.29 is 33.6 Å². The molecule has 2 saturated heterocycles. The maximum absolute atomic E-state index is 12.9. The normalized spacial score (nSPS) is 48.5. The molecular formula is C38H56NO7. The molecule has 8 aliphatic rings. The van der Waals surface area contributed by atoms with E-state index in [1.54, 1.807) is 5.92 Å². The summed E-state index contributed by atoms with van der Waals surface area (Å²) < 4.78 is 24.8. The number of aliphatic hydroxyl groups excluding tert-OH is 1. The lowest BCUT2D eigenvalue weighted by atomic mass is 9.41. The average Bonchev–Trinajstić information content (AvgIpc) is 3.93. The summed E-state index contributed by atoms with van der Waals surface area (Å²) in [7, 11) is 0. The Balaban J connectivity index is 0.995. The van der Waals surface area contributed by atoms with Crippen molar-refractivity contribution in [2.45, 2.75) is 131 Å². The van der Waals surface area contributed by atoms with E-state index in [0.717, 1.165) is 50.7 Å². The molecular weight excluding hydrogens is 582 g/mol. The van der Waals surface area contributed by atoms with Gasteiger partial charge in [0.1, 0.15) is 18.8 Å². The summed E-state index contributed by atoms with van der Waals surface area (Å²) in [5.74, 6) is 3.24. The van der Waals surface area contributed by atoms with Crippen molar-refractivity contribution in [3.8, 4) is 0 Å². The Morgan fingerprint density at radius 3 is 2.59 bits per heavy atom. The summed E-state index contributed by atoms with van der Waals surface area (Å²) in [5, 5.41) is 12.3. The lowest BCUT2D eigenvalue weighted by Crippen LogP contribution is -2.59. The molecule has 1 unspecified atom stereocenters. The second-order valence-corrected chi connectivity index (χ2v) is 17.8. The number of esters is 1. The molecule has 6 aliphatic carbocycles. The third-order valence-electron chi connectivity index (χ3n) is 15.3. The summed E-state index contributed by atoms with van der Waals surface area (Å²) in [6.07, 6.45) is 12.4. The predicted octanol–water partition coefficient (Wildman–Crippen LogP) is 6.02. The first-order chi connectivity index (χ1) is 21.8. The van der Waals surface area contributed by atoms with Crippen LogP contribution in [0.15, 0.2) is 0 Å². The van der Waals surface area contributed by atoms with Gasteiger partial charge in [-0.2, -0.15) is 0 Å². The first-order valence-corrected chi connectivity index (χ1v) is 18.4. The third kappa shape index (κ3) is 4.37. The van der Waals surface area contributed by atoms with Crippen LogP contribution in [-0.2, 0) is 28.5 Å². The largest absolute Gasteiger partial charge is 0.463 e. The van der Waals surface area contributed by atoms with E-state index >= 15 is 0 Å². The average molecular weight is 639 g/mol. The molecule has 1 amide bonds. The standard InChI is InChI=1S/C38H56NO7/c1-22-17-25(20-44-23(2)40)45-32-31(22)35(5)13-14-38-21-37(38)12-11-28(34(3,4)26(37)9-10-27(38)36(35,6)33(32)42)46-30-19-39(15-16-43-30)29(41)18-24-7-8-24/h22,24,26,28,30-31,33,42H,7-21H2,1-6H3/t22-,26+,28?,30+,31+,33+,35-,36-,37-,38+/m1/s1. The van der Waals surface area contributed by atoms with Crippen LogP contribution < -0.4 is 0 Å². The molecule has 8 rings (SSSR count).